The maximum Gasteiger partial charge on any atom is 0.358 e. The minimum absolute atomic E-state index is 0.00158. The molecule has 8 heteroatoms. The highest BCUT2D eigenvalue weighted by atomic mass is 16.6. The molecule has 1 saturated heterocycles. The first-order chi connectivity index (χ1) is 16.0. The Bertz CT molecular complexity index is 1070. The molecule has 8 nitrogen and oxygen atoms in total. The monoisotopic (exact) mass is 488 g/mol. The second-order valence-corrected chi connectivity index (χ2v) is 12.3. The van der Waals surface area contributed by atoms with Crippen LogP contribution in [0.25, 0.3) is 0 Å². The van der Waals surface area contributed by atoms with Gasteiger partial charge in [-0.15, -0.1) is 0 Å². The first kappa shape index (κ1) is 25.7. The molecule has 0 radical (unpaired) electrons. The van der Waals surface area contributed by atoms with Gasteiger partial charge in [-0.1, -0.05) is 39.8 Å². The van der Waals surface area contributed by atoms with Gasteiger partial charge >= 0.3 is 11.9 Å². The fraction of sp³-hybridized carbons (Fsp3) is 0.741. The molecular weight excluding hydrogens is 452 g/mol. The van der Waals surface area contributed by atoms with E-state index < -0.39 is 74.6 Å². The van der Waals surface area contributed by atoms with Gasteiger partial charge in [-0.3, -0.25) is 19.2 Å². The predicted molar refractivity (Wildman–Crippen MR) is 124 cm³/mol. The lowest BCUT2D eigenvalue weighted by Gasteiger charge is -2.68. The number of aliphatic hydroxyl groups is 1. The second kappa shape index (κ2) is 7.34. The van der Waals surface area contributed by atoms with Crippen molar-refractivity contribution in [3.63, 3.8) is 0 Å². The second-order valence-electron chi connectivity index (χ2n) is 12.3. The topological polar surface area (TPSA) is 124 Å². The van der Waals surface area contributed by atoms with E-state index in [-0.39, 0.29) is 25.2 Å². The maximum atomic E-state index is 13.9. The maximum absolute atomic E-state index is 13.9. The molecule has 35 heavy (non-hydrogen) atoms. The van der Waals surface area contributed by atoms with E-state index in [1.54, 1.807) is 34.6 Å². The van der Waals surface area contributed by atoms with Crippen molar-refractivity contribution in [3.8, 4) is 0 Å². The summed E-state index contributed by atoms with van der Waals surface area (Å²) in [5, 5.41) is 11.6. The first-order valence-electron chi connectivity index (χ1n) is 12.3. The minimum Gasteiger partial charge on any atom is -0.463 e. The Morgan fingerprint density at radius 3 is 2.26 bits per heavy atom. The van der Waals surface area contributed by atoms with Crippen molar-refractivity contribution >= 4 is 29.3 Å². The molecule has 4 aliphatic rings. The lowest BCUT2D eigenvalue weighted by atomic mass is 9.34. The number of rotatable bonds is 2. The van der Waals surface area contributed by atoms with Gasteiger partial charge in [-0.25, -0.2) is 4.79 Å². The quantitative estimate of drug-likeness (QED) is 0.357. The van der Waals surface area contributed by atoms with Gasteiger partial charge in [0.05, 0.1) is 17.9 Å². The number of hydrogen-bond acceptors (Lipinski definition) is 8. The number of carbonyl (C=O) groups is 5. The van der Waals surface area contributed by atoms with E-state index in [0.29, 0.717) is 12.0 Å². The summed E-state index contributed by atoms with van der Waals surface area (Å²) in [5.74, 6) is -5.36. The predicted octanol–water partition coefficient (Wildman–Crippen LogP) is 2.59. The summed E-state index contributed by atoms with van der Waals surface area (Å²) in [4.78, 5) is 67.0. The summed E-state index contributed by atoms with van der Waals surface area (Å²) in [7, 11) is 0. The molecule has 0 unspecified atom stereocenters. The number of allylic oxidation sites excluding steroid dienone is 1. The SMILES string of the molecule is C=C1C[C@H]2[C@]3(C)CCC(=O)C(C)(C)[C@H]3C(=O)[C@@H](O)[C@]2(C)[C@@H]2C(=O)O[C@](C)(C(=O)OCC)C(=O)[C@]12C. The van der Waals surface area contributed by atoms with Gasteiger partial charge in [0.25, 0.3) is 5.60 Å². The van der Waals surface area contributed by atoms with Gasteiger partial charge in [0.1, 0.15) is 11.9 Å². The van der Waals surface area contributed by atoms with Gasteiger partial charge in [0.15, 0.2) is 11.6 Å². The molecule has 4 rings (SSSR count). The van der Waals surface area contributed by atoms with Gasteiger partial charge in [0, 0.05) is 23.2 Å². The number of Topliss-reactive ketones (excluding diaryl/α,β-unsaturated/α-hetero) is 3. The van der Waals surface area contributed by atoms with Crippen molar-refractivity contribution in [2.75, 3.05) is 6.61 Å². The lowest BCUT2D eigenvalue weighted by Crippen LogP contribution is -2.76. The molecule has 0 aromatic rings. The van der Waals surface area contributed by atoms with E-state index in [1.165, 1.54) is 6.92 Å². The summed E-state index contributed by atoms with van der Waals surface area (Å²) in [6.07, 6.45) is -0.614. The van der Waals surface area contributed by atoms with Crippen LogP contribution in [0.2, 0.25) is 0 Å². The van der Waals surface area contributed by atoms with Crippen LogP contribution in [0.15, 0.2) is 12.2 Å². The fourth-order valence-corrected chi connectivity index (χ4v) is 8.34. The van der Waals surface area contributed by atoms with Gasteiger partial charge in [-0.2, -0.15) is 0 Å². The lowest BCUT2D eigenvalue weighted by molar-refractivity contribution is -0.237. The van der Waals surface area contributed by atoms with Gasteiger partial charge in [-0.05, 0) is 44.9 Å². The third kappa shape index (κ3) is 2.80. The number of ketones is 3. The summed E-state index contributed by atoms with van der Waals surface area (Å²) in [6.45, 7) is 15.7. The van der Waals surface area contributed by atoms with Gasteiger partial charge in [0.2, 0.25) is 0 Å². The smallest absolute Gasteiger partial charge is 0.358 e. The van der Waals surface area contributed by atoms with Crippen LogP contribution < -0.4 is 0 Å². The van der Waals surface area contributed by atoms with Crippen molar-refractivity contribution in [2.24, 2.45) is 39.4 Å². The minimum atomic E-state index is -2.15. The Balaban J connectivity index is 1.90. The average Bonchev–Trinajstić information content (AvgIpc) is 2.76. The summed E-state index contributed by atoms with van der Waals surface area (Å²) in [6, 6.07) is 0. The normalized spacial score (nSPS) is 46.8. The van der Waals surface area contributed by atoms with E-state index >= 15 is 0 Å². The van der Waals surface area contributed by atoms with Crippen LogP contribution in [0.1, 0.15) is 67.7 Å². The number of hydrogen-bond donors (Lipinski definition) is 1. The number of ether oxygens (including phenoxy) is 2. The molecule has 3 saturated carbocycles. The van der Waals surface area contributed by atoms with E-state index in [2.05, 4.69) is 6.58 Å². The molecule has 4 fully saturated rings. The van der Waals surface area contributed by atoms with Crippen LogP contribution in [-0.4, -0.2) is 52.7 Å². The number of aliphatic hydroxyl groups excluding tert-OH is 1. The highest BCUT2D eigenvalue weighted by Crippen LogP contribution is 2.71. The summed E-state index contributed by atoms with van der Waals surface area (Å²) < 4.78 is 10.6. The first-order valence-corrected chi connectivity index (χ1v) is 12.3. The third-order valence-corrected chi connectivity index (χ3v) is 10.2. The standard InChI is InChI=1S/C27H36O8/c1-9-34-22(33)27(8)21(32)25(6)13(2)12-14-24(5)11-10-15(28)23(3,4)17(24)16(29)19(30)26(14,7)18(25)20(31)35-27/h14,17-19,30H,2,9-12H2,1,3-8H3/t14-,17+,18+,19+,24-,25+,26-,27-/m0/s1. The van der Waals surface area contributed by atoms with Crippen LogP contribution >= 0.6 is 0 Å². The van der Waals surface area contributed by atoms with Crippen molar-refractivity contribution in [3.05, 3.63) is 12.2 Å². The highest BCUT2D eigenvalue weighted by Gasteiger charge is 2.77. The van der Waals surface area contributed by atoms with Crippen LogP contribution in [0.4, 0.5) is 0 Å². The zero-order valence-electron chi connectivity index (χ0n) is 21.6. The molecule has 0 amide bonds. The van der Waals surface area contributed by atoms with E-state index in [9.17, 15) is 29.1 Å². The molecule has 1 aliphatic heterocycles. The van der Waals surface area contributed by atoms with E-state index in [0.717, 1.165) is 0 Å². The van der Waals surface area contributed by atoms with Crippen LogP contribution in [-0.2, 0) is 33.4 Å². The Labute approximate surface area is 205 Å². The Morgan fingerprint density at radius 2 is 1.69 bits per heavy atom. The molecule has 0 spiro atoms. The fourth-order valence-electron chi connectivity index (χ4n) is 8.34. The molecule has 0 aromatic heterocycles. The largest absolute Gasteiger partial charge is 0.463 e. The molecule has 1 heterocycles. The number of esters is 2. The van der Waals surface area contributed by atoms with Gasteiger partial charge < -0.3 is 14.6 Å². The molecule has 8 atom stereocenters. The number of carbonyl (C=O) groups excluding carboxylic acids is 5. The van der Waals surface area contributed by atoms with Crippen molar-refractivity contribution in [1.82, 2.24) is 0 Å². The van der Waals surface area contributed by atoms with E-state index in [4.69, 9.17) is 9.47 Å². The zero-order valence-corrected chi connectivity index (χ0v) is 21.6. The van der Waals surface area contributed by atoms with Crippen molar-refractivity contribution in [2.45, 2.75) is 79.4 Å². The molecule has 192 valence electrons. The van der Waals surface area contributed by atoms with Crippen molar-refractivity contribution in [1.29, 1.82) is 0 Å². The van der Waals surface area contributed by atoms with E-state index in [1.807, 2.05) is 6.92 Å². The molecule has 0 aromatic carbocycles. The van der Waals surface area contributed by atoms with Crippen molar-refractivity contribution < 1.29 is 38.6 Å². The van der Waals surface area contributed by atoms with Crippen LogP contribution in [0.3, 0.4) is 0 Å². The molecule has 0 bridgehead atoms. The Hall–Kier alpha value is -2.35. The Morgan fingerprint density at radius 1 is 1.09 bits per heavy atom. The third-order valence-electron chi connectivity index (χ3n) is 10.2. The van der Waals surface area contributed by atoms with Crippen LogP contribution in [0.5, 0.6) is 0 Å². The Kier molecular flexibility index (Phi) is 5.40. The molecule has 3 aliphatic carbocycles. The summed E-state index contributed by atoms with van der Waals surface area (Å²) >= 11 is 0. The summed E-state index contributed by atoms with van der Waals surface area (Å²) in [5.41, 5.74) is -6.29. The number of cyclic esters (lactones) is 1. The molecular formula is C27H36O8. The highest BCUT2D eigenvalue weighted by molar-refractivity contribution is 6.15. The average molecular weight is 489 g/mol. The molecule has 1 N–H and O–H groups in total. The van der Waals surface area contributed by atoms with Crippen LogP contribution in [0, 0.1) is 39.4 Å². The zero-order chi connectivity index (χ0) is 26.5. The number of fused-ring (bicyclic) bond motifs is 5.